The fourth-order valence-corrected chi connectivity index (χ4v) is 3.20. The van der Waals surface area contributed by atoms with Gasteiger partial charge in [0.05, 0.1) is 30.4 Å². The van der Waals surface area contributed by atoms with Crippen LogP contribution in [0, 0.1) is 0 Å². The molecule has 8 nitrogen and oxygen atoms in total. The van der Waals surface area contributed by atoms with Crippen LogP contribution in [-0.2, 0) is 19.5 Å². The van der Waals surface area contributed by atoms with Crippen LogP contribution >= 0.6 is 0 Å². The molecule has 1 aromatic carbocycles. The summed E-state index contributed by atoms with van der Waals surface area (Å²) in [6.07, 6.45) is -0.686. The number of ether oxygens (including phenoxy) is 3. The Morgan fingerprint density at radius 3 is 2.54 bits per heavy atom. The van der Waals surface area contributed by atoms with E-state index in [4.69, 9.17) is 14.2 Å². The maximum Gasteiger partial charge on any atom is 0.411 e. The number of sulfonamides is 1. The molecule has 1 atom stereocenters. The molecule has 0 fully saturated rings. The van der Waals surface area contributed by atoms with Crippen LogP contribution in [0.2, 0.25) is 0 Å². The van der Waals surface area contributed by atoms with Crippen LogP contribution in [0.25, 0.3) is 0 Å². The second-order valence-electron chi connectivity index (χ2n) is 4.91. The molecule has 0 aromatic heterocycles. The summed E-state index contributed by atoms with van der Waals surface area (Å²) < 4.78 is 42.4. The van der Waals surface area contributed by atoms with Crippen molar-refractivity contribution in [2.45, 2.75) is 31.7 Å². The van der Waals surface area contributed by atoms with Crippen LogP contribution in [-0.4, -0.2) is 47.5 Å². The highest BCUT2D eigenvalue weighted by atomic mass is 32.2. The van der Waals surface area contributed by atoms with Gasteiger partial charge in [-0.15, -0.1) is 0 Å². The zero-order valence-corrected chi connectivity index (χ0v) is 15.1. The van der Waals surface area contributed by atoms with Crippen LogP contribution in [0.4, 0.5) is 10.5 Å². The Hall–Kier alpha value is -1.84. The highest BCUT2D eigenvalue weighted by molar-refractivity contribution is 7.89. The van der Waals surface area contributed by atoms with Crippen molar-refractivity contribution in [2.24, 2.45) is 0 Å². The Balaban J connectivity index is 3.10. The lowest BCUT2D eigenvalue weighted by molar-refractivity contribution is 0.167. The number of carbonyl (C=O) groups excluding carboxylic acids is 1. The van der Waals surface area contributed by atoms with Gasteiger partial charge in [-0.2, -0.15) is 0 Å². The summed E-state index contributed by atoms with van der Waals surface area (Å²) >= 11 is 0. The third-order valence-corrected chi connectivity index (χ3v) is 4.43. The maximum atomic E-state index is 12.4. The van der Waals surface area contributed by atoms with Crippen molar-refractivity contribution < 1.29 is 27.4 Å². The molecule has 2 N–H and O–H groups in total. The third-order valence-electron chi connectivity index (χ3n) is 2.85. The fraction of sp³-hybridized carbons (Fsp3) is 0.533. The van der Waals surface area contributed by atoms with E-state index >= 15 is 0 Å². The first-order valence-electron chi connectivity index (χ1n) is 7.55. The van der Waals surface area contributed by atoms with Gasteiger partial charge < -0.3 is 14.2 Å². The molecule has 0 aliphatic heterocycles. The second-order valence-corrected chi connectivity index (χ2v) is 6.63. The molecule has 9 heteroatoms. The summed E-state index contributed by atoms with van der Waals surface area (Å²) in [5, 5.41) is 2.48. The van der Waals surface area contributed by atoms with Gasteiger partial charge in [0.25, 0.3) is 0 Å². The van der Waals surface area contributed by atoms with Gasteiger partial charge in [0.15, 0.2) is 0 Å². The summed E-state index contributed by atoms with van der Waals surface area (Å²) in [4.78, 5) is 11.6. The number of nitrogens with one attached hydrogen (secondary N) is 2. The van der Waals surface area contributed by atoms with Crippen LogP contribution < -0.4 is 14.8 Å². The lowest BCUT2D eigenvalue weighted by Crippen LogP contribution is -2.35. The molecule has 0 heterocycles. The largest absolute Gasteiger partial charge is 0.492 e. The van der Waals surface area contributed by atoms with Crippen LogP contribution in [0.1, 0.15) is 20.8 Å². The summed E-state index contributed by atoms with van der Waals surface area (Å²) in [7, 11) is -2.27. The molecule has 0 radical (unpaired) electrons. The predicted octanol–water partition coefficient (Wildman–Crippen LogP) is 1.97. The van der Waals surface area contributed by atoms with Crippen molar-refractivity contribution in [3.05, 3.63) is 18.2 Å². The lowest BCUT2D eigenvalue weighted by atomic mass is 10.3. The molecule has 0 spiro atoms. The van der Waals surface area contributed by atoms with Crippen molar-refractivity contribution >= 4 is 21.8 Å². The summed E-state index contributed by atoms with van der Waals surface area (Å²) in [5.41, 5.74) is 0.220. The third kappa shape index (κ3) is 5.99. The Morgan fingerprint density at radius 2 is 1.96 bits per heavy atom. The second kappa shape index (κ2) is 9.45. The van der Waals surface area contributed by atoms with Gasteiger partial charge in [-0.05, 0) is 39.0 Å². The topological polar surface area (TPSA) is 103 Å². The zero-order chi connectivity index (χ0) is 18.2. The minimum Gasteiger partial charge on any atom is -0.492 e. The Kier molecular flexibility index (Phi) is 7.96. The fourth-order valence-electron chi connectivity index (χ4n) is 1.95. The van der Waals surface area contributed by atoms with Crippen LogP contribution in [0.15, 0.2) is 23.1 Å². The van der Waals surface area contributed by atoms with Crippen molar-refractivity contribution in [3.8, 4) is 5.75 Å². The average molecular weight is 360 g/mol. The van der Waals surface area contributed by atoms with E-state index in [9.17, 15) is 13.2 Å². The number of amides is 1. The van der Waals surface area contributed by atoms with Gasteiger partial charge in [0, 0.05) is 13.2 Å². The predicted molar refractivity (Wildman–Crippen MR) is 89.9 cm³/mol. The molecule has 0 saturated carbocycles. The van der Waals surface area contributed by atoms with Gasteiger partial charge >= 0.3 is 6.09 Å². The highest BCUT2D eigenvalue weighted by Crippen LogP contribution is 2.28. The number of benzene rings is 1. The Labute approximate surface area is 142 Å². The van der Waals surface area contributed by atoms with E-state index in [0.717, 1.165) is 0 Å². The van der Waals surface area contributed by atoms with Gasteiger partial charge in [-0.3, -0.25) is 5.32 Å². The molecule has 0 saturated heterocycles. The van der Waals surface area contributed by atoms with E-state index in [-0.39, 0.29) is 23.8 Å². The number of hydrogen-bond donors (Lipinski definition) is 2. The summed E-state index contributed by atoms with van der Waals surface area (Å²) in [6.45, 7) is 5.95. The van der Waals surface area contributed by atoms with Gasteiger partial charge in [-0.25, -0.2) is 17.9 Å². The molecule has 0 aliphatic rings. The zero-order valence-electron chi connectivity index (χ0n) is 14.3. The number of carbonyl (C=O) groups is 1. The van der Waals surface area contributed by atoms with Gasteiger partial charge in [-0.1, -0.05) is 0 Å². The SMILES string of the molecule is CCOC(=O)Nc1cc(S(=O)(=O)N[C@H](C)COC)ccc1OCC. The maximum absolute atomic E-state index is 12.4. The molecule has 1 aromatic rings. The van der Waals surface area contributed by atoms with Gasteiger partial charge in [0.1, 0.15) is 5.75 Å². The standard InChI is InChI=1S/C15H24N2O6S/c1-5-22-14-8-7-12(9-13(14)16-15(18)23-6-2)24(19,20)17-11(3)10-21-4/h7-9,11,17H,5-6,10H2,1-4H3,(H,16,18)/t11-/m1/s1. The van der Waals surface area contributed by atoms with E-state index in [1.54, 1.807) is 20.8 Å². The molecule has 0 bridgehead atoms. The van der Waals surface area contributed by atoms with Gasteiger partial charge in [0.2, 0.25) is 10.0 Å². The minimum atomic E-state index is -3.76. The van der Waals surface area contributed by atoms with Crippen molar-refractivity contribution in [1.29, 1.82) is 0 Å². The molecule has 136 valence electrons. The summed E-state index contributed by atoms with van der Waals surface area (Å²) in [6, 6.07) is 3.82. The molecule has 1 rings (SSSR count). The first kappa shape index (κ1) is 20.2. The number of methoxy groups -OCH3 is 1. The smallest absolute Gasteiger partial charge is 0.411 e. The van der Waals surface area contributed by atoms with E-state index < -0.39 is 22.2 Å². The highest BCUT2D eigenvalue weighted by Gasteiger charge is 2.20. The van der Waals surface area contributed by atoms with Crippen LogP contribution in [0.5, 0.6) is 5.75 Å². The van der Waals surface area contributed by atoms with Crippen molar-refractivity contribution in [1.82, 2.24) is 4.72 Å². The normalized spacial score (nSPS) is 12.5. The molecular formula is C15H24N2O6S. The molecule has 0 unspecified atom stereocenters. The molecule has 0 aliphatic carbocycles. The first-order chi connectivity index (χ1) is 11.3. The van der Waals surface area contributed by atoms with Crippen LogP contribution in [0.3, 0.4) is 0 Å². The lowest BCUT2D eigenvalue weighted by Gasteiger charge is -2.16. The number of rotatable bonds is 9. The monoisotopic (exact) mass is 360 g/mol. The molecular weight excluding hydrogens is 336 g/mol. The average Bonchev–Trinajstić information content (AvgIpc) is 2.49. The van der Waals surface area contributed by atoms with E-state index in [0.29, 0.717) is 12.4 Å². The molecule has 1 amide bonds. The molecule has 24 heavy (non-hydrogen) atoms. The minimum absolute atomic E-state index is 0.000652. The quantitative estimate of drug-likeness (QED) is 0.698. The van der Waals surface area contributed by atoms with Crippen molar-refractivity contribution in [3.63, 3.8) is 0 Å². The first-order valence-corrected chi connectivity index (χ1v) is 9.04. The number of hydrogen-bond acceptors (Lipinski definition) is 6. The van der Waals surface area contributed by atoms with E-state index in [1.165, 1.54) is 25.3 Å². The van der Waals surface area contributed by atoms with E-state index in [2.05, 4.69) is 10.0 Å². The summed E-state index contributed by atoms with van der Waals surface area (Å²) in [5.74, 6) is 0.356. The van der Waals surface area contributed by atoms with E-state index in [1.807, 2.05) is 0 Å². The Morgan fingerprint density at radius 1 is 1.25 bits per heavy atom. The van der Waals surface area contributed by atoms with Crippen molar-refractivity contribution in [2.75, 3.05) is 32.2 Å². The number of anilines is 1. The Bertz CT molecular complexity index is 647.